The Hall–Kier alpha value is -2.02. The molecule has 1 radical (unpaired) electrons. The van der Waals surface area contributed by atoms with Gasteiger partial charge in [0.25, 0.3) is 0 Å². The van der Waals surface area contributed by atoms with Gasteiger partial charge in [-0.3, -0.25) is 0 Å². The molecule has 0 amide bonds. The lowest BCUT2D eigenvalue weighted by atomic mass is 9.77. The van der Waals surface area contributed by atoms with Gasteiger partial charge in [0.05, 0.1) is 7.11 Å². The highest BCUT2D eigenvalue weighted by atomic mass is 16.5. The van der Waals surface area contributed by atoms with Gasteiger partial charge in [-0.15, -0.1) is 0 Å². The fourth-order valence-corrected chi connectivity index (χ4v) is 3.75. The molecule has 0 saturated heterocycles. The summed E-state index contributed by atoms with van der Waals surface area (Å²) in [4.78, 5) is 0. The van der Waals surface area contributed by atoms with E-state index < -0.39 is 0 Å². The van der Waals surface area contributed by atoms with Gasteiger partial charge in [0, 0.05) is 17.5 Å². The summed E-state index contributed by atoms with van der Waals surface area (Å²) in [5.74, 6) is 1.03. The van der Waals surface area contributed by atoms with Crippen molar-refractivity contribution >= 4 is 6.08 Å². The Kier molecular flexibility index (Phi) is 4.55. The quantitative estimate of drug-likeness (QED) is 0.572. The Bertz CT molecular complexity index is 835. The Balaban J connectivity index is 2.33. The monoisotopic (exact) mass is 347 g/mol. The van der Waals surface area contributed by atoms with Crippen LogP contribution in [0, 0.1) is 6.42 Å². The van der Waals surface area contributed by atoms with E-state index in [0.717, 1.165) is 5.75 Å². The number of allylic oxidation sites excluding steroid dienone is 1. The van der Waals surface area contributed by atoms with Crippen LogP contribution in [0.4, 0.5) is 0 Å². The molecule has 0 fully saturated rings. The molecule has 1 aliphatic carbocycles. The summed E-state index contributed by atoms with van der Waals surface area (Å²) >= 11 is 0. The van der Waals surface area contributed by atoms with Crippen LogP contribution in [0.1, 0.15) is 70.7 Å². The number of methoxy groups -OCH3 is 1. The van der Waals surface area contributed by atoms with Gasteiger partial charge < -0.3 is 4.74 Å². The summed E-state index contributed by atoms with van der Waals surface area (Å²) in [6, 6.07) is 11.2. The average Bonchev–Trinajstić information content (AvgIpc) is 2.91. The van der Waals surface area contributed by atoms with E-state index in [1.165, 1.54) is 39.0 Å². The van der Waals surface area contributed by atoms with E-state index >= 15 is 0 Å². The van der Waals surface area contributed by atoms with E-state index in [-0.39, 0.29) is 10.8 Å². The van der Waals surface area contributed by atoms with Gasteiger partial charge in [-0.2, -0.15) is 0 Å². The summed E-state index contributed by atoms with van der Waals surface area (Å²) in [5, 5.41) is 0. The molecule has 0 unspecified atom stereocenters. The normalized spacial score (nSPS) is 14.2. The lowest BCUT2D eigenvalue weighted by molar-refractivity contribution is 0.381. The molecule has 0 spiro atoms. The number of rotatable bonds is 2. The van der Waals surface area contributed by atoms with Gasteiger partial charge in [0.15, 0.2) is 0 Å². The van der Waals surface area contributed by atoms with Gasteiger partial charge in [-0.1, -0.05) is 71.4 Å². The Labute approximate surface area is 159 Å². The minimum Gasteiger partial charge on any atom is -0.496 e. The predicted molar refractivity (Wildman–Crippen MR) is 113 cm³/mol. The van der Waals surface area contributed by atoms with E-state index in [4.69, 9.17) is 4.74 Å². The number of hydrogen-bond donors (Lipinski definition) is 0. The van der Waals surface area contributed by atoms with Crippen LogP contribution in [-0.4, -0.2) is 7.11 Å². The first-order chi connectivity index (χ1) is 12.0. The molecule has 0 saturated carbocycles. The van der Waals surface area contributed by atoms with E-state index in [1.807, 2.05) is 0 Å². The largest absolute Gasteiger partial charge is 0.496 e. The van der Waals surface area contributed by atoms with Gasteiger partial charge in [-0.25, -0.2) is 0 Å². The second kappa shape index (κ2) is 6.30. The molecule has 2 aromatic carbocycles. The van der Waals surface area contributed by atoms with Crippen LogP contribution in [0.15, 0.2) is 35.9 Å². The molecule has 0 heterocycles. The van der Waals surface area contributed by atoms with Crippen LogP contribution in [0.5, 0.6) is 5.75 Å². The SMILES string of the molecule is COc1c(C(C)(C)C)cc(-c2cccc3c2C=C(C)[CH]3)cc1C(C)(C)C. The van der Waals surface area contributed by atoms with Crippen LogP contribution >= 0.6 is 0 Å². The number of fused-ring (bicyclic) bond motifs is 1. The third-order valence-corrected chi connectivity index (χ3v) is 5.12. The summed E-state index contributed by atoms with van der Waals surface area (Å²) in [6.45, 7) is 15.7. The van der Waals surface area contributed by atoms with Crippen LogP contribution < -0.4 is 4.74 Å². The summed E-state index contributed by atoms with van der Waals surface area (Å²) in [7, 11) is 1.79. The maximum atomic E-state index is 5.91. The number of ether oxygens (including phenoxy) is 1. The van der Waals surface area contributed by atoms with Gasteiger partial charge in [-0.05, 0) is 52.1 Å². The topological polar surface area (TPSA) is 9.23 Å². The average molecular weight is 348 g/mol. The second-order valence-corrected chi connectivity index (χ2v) is 9.45. The van der Waals surface area contributed by atoms with Crippen molar-refractivity contribution in [1.82, 2.24) is 0 Å². The molecule has 26 heavy (non-hydrogen) atoms. The molecule has 3 rings (SSSR count). The van der Waals surface area contributed by atoms with Crippen molar-refractivity contribution in [1.29, 1.82) is 0 Å². The molecule has 1 nitrogen and oxygen atoms in total. The highest BCUT2D eigenvalue weighted by molar-refractivity contribution is 5.84. The number of hydrogen-bond acceptors (Lipinski definition) is 1. The highest BCUT2D eigenvalue weighted by Crippen LogP contribution is 2.44. The van der Waals surface area contributed by atoms with Crippen molar-refractivity contribution in [3.05, 3.63) is 64.6 Å². The molecule has 0 aromatic heterocycles. The van der Waals surface area contributed by atoms with Crippen molar-refractivity contribution in [3.63, 3.8) is 0 Å². The first-order valence-electron chi connectivity index (χ1n) is 9.42. The van der Waals surface area contributed by atoms with Crippen molar-refractivity contribution in [2.45, 2.75) is 59.3 Å². The molecule has 2 aromatic rings. The van der Waals surface area contributed by atoms with Crippen LogP contribution in [0.3, 0.4) is 0 Å². The zero-order valence-electron chi connectivity index (χ0n) is 17.4. The van der Waals surface area contributed by atoms with Crippen molar-refractivity contribution in [3.8, 4) is 16.9 Å². The van der Waals surface area contributed by atoms with E-state index in [9.17, 15) is 0 Å². The van der Waals surface area contributed by atoms with E-state index in [0.29, 0.717) is 0 Å². The van der Waals surface area contributed by atoms with Gasteiger partial charge >= 0.3 is 0 Å². The molecular weight excluding hydrogens is 316 g/mol. The Morgan fingerprint density at radius 3 is 1.92 bits per heavy atom. The Morgan fingerprint density at radius 1 is 0.846 bits per heavy atom. The fourth-order valence-electron chi connectivity index (χ4n) is 3.75. The highest BCUT2D eigenvalue weighted by Gasteiger charge is 2.28. The van der Waals surface area contributed by atoms with E-state index in [1.54, 1.807) is 7.11 Å². The van der Waals surface area contributed by atoms with Crippen LogP contribution in [0.2, 0.25) is 0 Å². The zero-order valence-corrected chi connectivity index (χ0v) is 17.4. The molecule has 0 N–H and O–H groups in total. The molecule has 1 heteroatoms. The summed E-state index contributed by atoms with van der Waals surface area (Å²) < 4.78 is 5.91. The minimum atomic E-state index is 0.0111. The third-order valence-electron chi connectivity index (χ3n) is 5.12. The van der Waals surface area contributed by atoms with Crippen molar-refractivity contribution in [2.24, 2.45) is 0 Å². The first kappa shape index (κ1) is 18.8. The van der Waals surface area contributed by atoms with Crippen molar-refractivity contribution in [2.75, 3.05) is 7.11 Å². The molecule has 0 bridgehead atoms. The van der Waals surface area contributed by atoms with Crippen LogP contribution in [0.25, 0.3) is 17.2 Å². The molecular formula is C25H31O. The lowest BCUT2D eigenvalue weighted by Gasteiger charge is -2.30. The molecule has 0 aliphatic heterocycles. The fraction of sp³-hybridized carbons (Fsp3) is 0.400. The minimum absolute atomic E-state index is 0.0111. The maximum absolute atomic E-state index is 5.91. The van der Waals surface area contributed by atoms with E-state index in [2.05, 4.69) is 91.3 Å². The maximum Gasteiger partial charge on any atom is 0.126 e. The lowest BCUT2D eigenvalue weighted by Crippen LogP contribution is -2.19. The standard InChI is InChI=1S/C25H31O/c1-16-12-17-10-9-11-19(20(17)13-16)18-14-21(24(2,3)4)23(26-8)22(15-18)25(5,6)7/h9-15H,1-8H3. The second-order valence-electron chi connectivity index (χ2n) is 9.45. The third kappa shape index (κ3) is 3.32. The summed E-state index contributed by atoms with van der Waals surface area (Å²) in [5.41, 5.74) is 9.08. The smallest absolute Gasteiger partial charge is 0.126 e. The molecule has 1 aliphatic rings. The van der Waals surface area contributed by atoms with Gasteiger partial charge in [0.1, 0.15) is 5.75 Å². The zero-order chi connectivity index (χ0) is 19.3. The number of benzene rings is 2. The Morgan fingerprint density at radius 2 is 1.42 bits per heavy atom. The summed E-state index contributed by atoms with van der Waals surface area (Å²) in [6.07, 6.45) is 4.56. The van der Waals surface area contributed by atoms with Gasteiger partial charge in [0.2, 0.25) is 0 Å². The van der Waals surface area contributed by atoms with Crippen molar-refractivity contribution < 1.29 is 4.74 Å². The predicted octanol–water partition coefficient (Wildman–Crippen LogP) is 6.93. The molecule has 0 atom stereocenters. The van der Waals surface area contributed by atoms with Crippen LogP contribution in [-0.2, 0) is 10.8 Å². The molecule has 137 valence electrons. The first-order valence-corrected chi connectivity index (χ1v) is 9.42.